The van der Waals surface area contributed by atoms with Crippen LogP contribution in [0.5, 0.6) is 0 Å². The first-order valence-electron chi connectivity index (χ1n) is 24.3. The van der Waals surface area contributed by atoms with Gasteiger partial charge in [0.15, 0.2) is 12.6 Å². The predicted molar refractivity (Wildman–Crippen MR) is 230 cm³/mol. The molecule has 378 valence electrons. The number of aliphatic hydroxyl groups is 11. The molecule has 11 N–H and O–H groups in total. The van der Waals surface area contributed by atoms with Crippen LogP contribution in [-0.4, -0.2) is 180 Å². The molecule has 23 atom stereocenters. The molecule has 66 heavy (non-hydrogen) atoms. The molecule has 7 fully saturated rings. The number of hydrogen-bond donors (Lipinski definition) is 11. The number of aliphatic hydroxyl groups excluding tert-OH is 11. The SMILES string of the molecule is CC1(C)CC[C@]2(C(=O)O[C@@H]3O[C@H](CO[C@@H]4O[C@H](CO)[C@@H](O)[C@H](O)[C@H]4O)[C@@H](O)[C@H](O)[C@H]3O)CC[C@]3(C)C(=CC[C@@H]4[C@@]5(C)CC[C@H](O[C@@H]6O[C@H](CO)[C@@H](O)[C@H](O)[C@H]6O)C(C)(C)[C@@H]5CC[C@]43C)[C@@H]2C1. The quantitative estimate of drug-likeness (QED) is 0.0833. The van der Waals surface area contributed by atoms with Gasteiger partial charge in [0.05, 0.1) is 31.3 Å². The van der Waals surface area contributed by atoms with E-state index in [-0.39, 0.29) is 45.0 Å². The van der Waals surface area contributed by atoms with Gasteiger partial charge in [0.25, 0.3) is 0 Å². The third-order valence-corrected chi connectivity index (χ3v) is 19.3. The van der Waals surface area contributed by atoms with Crippen LogP contribution < -0.4 is 0 Å². The van der Waals surface area contributed by atoms with Crippen molar-refractivity contribution < 1.29 is 89.4 Å². The minimum absolute atomic E-state index is 0.0910. The van der Waals surface area contributed by atoms with Crippen molar-refractivity contribution in [2.24, 2.45) is 50.2 Å². The van der Waals surface area contributed by atoms with E-state index in [1.165, 1.54) is 5.57 Å². The van der Waals surface area contributed by atoms with Gasteiger partial charge in [0.2, 0.25) is 6.29 Å². The Bertz CT molecular complexity index is 1790. The molecule has 0 radical (unpaired) electrons. The molecular formula is C48H78O18. The minimum atomic E-state index is -1.80. The molecule has 8 rings (SSSR count). The molecule has 4 saturated carbocycles. The molecule has 3 saturated heterocycles. The Hall–Kier alpha value is -1.43. The summed E-state index contributed by atoms with van der Waals surface area (Å²) in [5.41, 5.74) is -0.655. The summed E-state index contributed by atoms with van der Waals surface area (Å²) in [4.78, 5) is 15.0. The van der Waals surface area contributed by atoms with Crippen molar-refractivity contribution in [2.45, 2.75) is 211 Å². The fourth-order valence-corrected chi connectivity index (χ4v) is 14.9. The van der Waals surface area contributed by atoms with Crippen LogP contribution in [0.2, 0.25) is 0 Å². The summed E-state index contributed by atoms with van der Waals surface area (Å²) < 4.78 is 35.4. The van der Waals surface area contributed by atoms with E-state index in [9.17, 15) is 61.0 Å². The van der Waals surface area contributed by atoms with E-state index < -0.39 is 123 Å². The number of allylic oxidation sites excluding steroid dienone is 2. The van der Waals surface area contributed by atoms with E-state index >= 15 is 0 Å². The van der Waals surface area contributed by atoms with Crippen LogP contribution in [0.3, 0.4) is 0 Å². The van der Waals surface area contributed by atoms with Crippen LogP contribution in [-0.2, 0) is 33.2 Å². The van der Waals surface area contributed by atoms with E-state index in [0.717, 1.165) is 44.9 Å². The summed E-state index contributed by atoms with van der Waals surface area (Å²) in [6.07, 6.45) is -13.4. The largest absolute Gasteiger partial charge is 0.432 e. The highest BCUT2D eigenvalue weighted by Crippen LogP contribution is 2.76. The second kappa shape index (κ2) is 18.0. The van der Waals surface area contributed by atoms with Gasteiger partial charge in [-0.3, -0.25) is 4.79 Å². The lowest BCUT2D eigenvalue weighted by atomic mass is 9.33. The van der Waals surface area contributed by atoms with E-state index in [2.05, 4.69) is 54.5 Å². The summed E-state index contributed by atoms with van der Waals surface area (Å²) >= 11 is 0. The van der Waals surface area contributed by atoms with Crippen molar-refractivity contribution in [3.05, 3.63) is 11.6 Å². The first-order valence-corrected chi connectivity index (χ1v) is 24.3. The van der Waals surface area contributed by atoms with Gasteiger partial charge in [-0.1, -0.05) is 60.1 Å². The molecule has 3 heterocycles. The zero-order valence-corrected chi connectivity index (χ0v) is 39.5. The topological polar surface area (TPSA) is 295 Å². The number of fused-ring (bicyclic) bond motifs is 7. The van der Waals surface area contributed by atoms with Crippen molar-refractivity contribution in [1.29, 1.82) is 0 Å². The van der Waals surface area contributed by atoms with Crippen LogP contribution in [0.25, 0.3) is 0 Å². The molecule has 18 nitrogen and oxygen atoms in total. The molecule has 8 aliphatic rings. The number of esters is 1. The molecule has 0 unspecified atom stereocenters. The molecule has 0 aromatic rings. The Morgan fingerprint density at radius 3 is 1.79 bits per heavy atom. The van der Waals surface area contributed by atoms with Crippen molar-refractivity contribution in [3.8, 4) is 0 Å². The molecule has 0 aromatic carbocycles. The van der Waals surface area contributed by atoms with E-state index in [1.54, 1.807) is 0 Å². The maximum Gasteiger partial charge on any atom is 0.315 e. The molecule has 0 spiro atoms. The van der Waals surface area contributed by atoms with Crippen molar-refractivity contribution >= 4 is 5.97 Å². The lowest BCUT2D eigenvalue weighted by molar-refractivity contribution is -0.330. The molecule has 3 aliphatic heterocycles. The number of ether oxygens (including phenoxy) is 6. The highest BCUT2D eigenvalue weighted by Gasteiger charge is 2.70. The van der Waals surface area contributed by atoms with E-state index in [0.29, 0.717) is 25.2 Å². The van der Waals surface area contributed by atoms with Gasteiger partial charge in [-0.15, -0.1) is 0 Å². The molecule has 0 bridgehead atoms. The van der Waals surface area contributed by atoms with Gasteiger partial charge in [-0.25, -0.2) is 0 Å². The molecule has 18 heteroatoms. The highest BCUT2D eigenvalue weighted by atomic mass is 16.7. The molecule has 0 aromatic heterocycles. The zero-order chi connectivity index (χ0) is 48.3. The lowest BCUT2D eigenvalue weighted by Crippen LogP contribution is -2.66. The fraction of sp³-hybridized carbons (Fsp3) is 0.938. The van der Waals surface area contributed by atoms with Crippen LogP contribution in [0.15, 0.2) is 11.6 Å². The lowest BCUT2D eigenvalue weighted by Gasteiger charge is -2.71. The standard InChI is InChI=1S/C48H78O18/c1-43(2)14-16-48(42(60)66-41-38(59)35(56)32(53)26(64-41)21-61-39-36(57)33(54)30(51)24(19-49)62-39)17-15-46(6)22(23(48)18-43)8-9-28-45(5)12-11-29(44(3,4)27(45)10-13-47(28,46)7)65-40-37(58)34(55)31(52)25(20-50)63-40/h8,23-41,49-59H,9-21H2,1-7H3/t23-,24+,25+,26+,27-,28+,29-,30+,31+,32+,33-,34-,35-,36+,37+,38+,39+,40-,41-,45-,46+,47+,48-/m0/s1. The Morgan fingerprint density at radius 1 is 0.621 bits per heavy atom. The predicted octanol–water partition coefficient (Wildman–Crippen LogP) is 0.141. The van der Waals surface area contributed by atoms with Crippen molar-refractivity contribution in [1.82, 2.24) is 0 Å². The van der Waals surface area contributed by atoms with Gasteiger partial charge in [-0.05, 0) is 109 Å². The zero-order valence-electron chi connectivity index (χ0n) is 39.5. The summed E-state index contributed by atoms with van der Waals surface area (Å²) in [5, 5.41) is 115. The van der Waals surface area contributed by atoms with Gasteiger partial charge in [-0.2, -0.15) is 0 Å². The molecular weight excluding hydrogens is 865 g/mol. The Morgan fingerprint density at radius 2 is 1.17 bits per heavy atom. The highest BCUT2D eigenvalue weighted by molar-refractivity contribution is 5.79. The third kappa shape index (κ3) is 7.96. The van der Waals surface area contributed by atoms with Crippen LogP contribution in [0.1, 0.15) is 113 Å². The Labute approximate surface area is 387 Å². The smallest absolute Gasteiger partial charge is 0.315 e. The third-order valence-electron chi connectivity index (χ3n) is 19.3. The summed E-state index contributed by atoms with van der Waals surface area (Å²) in [7, 11) is 0. The van der Waals surface area contributed by atoms with Crippen LogP contribution >= 0.6 is 0 Å². The average Bonchev–Trinajstić information content (AvgIpc) is 3.26. The normalized spacial score (nSPS) is 53.3. The summed E-state index contributed by atoms with van der Waals surface area (Å²) in [6.45, 7) is 14.4. The number of rotatable bonds is 9. The maximum atomic E-state index is 15.0. The van der Waals surface area contributed by atoms with Gasteiger partial charge in [0.1, 0.15) is 73.2 Å². The van der Waals surface area contributed by atoms with Crippen molar-refractivity contribution in [3.63, 3.8) is 0 Å². The van der Waals surface area contributed by atoms with Crippen LogP contribution in [0.4, 0.5) is 0 Å². The number of hydrogen-bond acceptors (Lipinski definition) is 18. The monoisotopic (exact) mass is 943 g/mol. The van der Waals surface area contributed by atoms with Gasteiger partial charge in [0, 0.05) is 0 Å². The number of carbonyl (C=O) groups excluding carboxylic acids is 1. The Kier molecular flexibility index (Phi) is 13.9. The molecule has 0 amide bonds. The van der Waals surface area contributed by atoms with Crippen LogP contribution in [0, 0.1) is 50.2 Å². The molecule has 5 aliphatic carbocycles. The first-order chi connectivity index (χ1) is 30.8. The second-order valence-electron chi connectivity index (χ2n) is 23.5. The first kappa shape index (κ1) is 50.9. The fourth-order valence-electron chi connectivity index (χ4n) is 14.9. The van der Waals surface area contributed by atoms with E-state index in [1.807, 2.05) is 0 Å². The van der Waals surface area contributed by atoms with Gasteiger partial charge >= 0.3 is 5.97 Å². The average molecular weight is 943 g/mol. The Balaban J connectivity index is 1.01. The van der Waals surface area contributed by atoms with E-state index in [4.69, 9.17) is 28.4 Å². The van der Waals surface area contributed by atoms with Gasteiger partial charge < -0.3 is 84.6 Å². The second-order valence-corrected chi connectivity index (χ2v) is 23.5. The minimum Gasteiger partial charge on any atom is -0.432 e. The summed E-state index contributed by atoms with van der Waals surface area (Å²) in [5.74, 6) is -0.202. The van der Waals surface area contributed by atoms with Crippen molar-refractivity contribution in [2.75, 3.05) is 19.8 Å². The number of carbonyl (C=O) groups is 1. The maximum absolute atomic E-state index is 15.0. The summed E-state index contributed by atoms with van der Waals surface area (Å²) in [6, 6.07) is 0.